The van der Waals surface area contributed by atoms with Gasteiger partial charge in [0.2, 0.25) is 0 Å². The Bertz CT molecular complexity index is 514. The molecule has 0 saturated heterocycles. The number of rotatable bonds is 7. The number of benzene rings is 2. The molecule has 0 bridgehead atoms. The van der Waals surface area contributed by atoms with Gasteiger partial charge in [-0.25, -0.2) is 4.79 Å². The molecular formula is C16H17NO3. The summed E-state index contributed by atoms with van der Waals surface area (Å²) in [6.45, 7) is 1.20. The lowest BCUT2D eigenvalue weighted by Crippen LogP contribution is -2.21. The number of hydrogen-bond donors (Lipinski definition) is 1. The van der Waals surface area contributed by atoms with E-state index in [1.54, 1.807) is 24.3 Å². The van der Waals surface area contributed by atoms with Gasteiger partial charge in [-0.1, -0.05) is 48.5 Å². The summed E-state index contributed by atoms with van der Waals surface area (Å²) in [5.41, 5.74) is 4.40. The molecular weight excluding hydrogens is 254 g/mol. The lowest BCUT2D eigenvalue weighted by atomic mass is 10.2. The predicted molar refractivity (Wildman–Crippen MR) is 76.0 cm³/mol. The van der Waals surface area contributed by atoms with Crippen molar-refractivity contribution in [2.75, 3.05) is 13.2 Å². The van der Waals surface area contributed by atoms with Gasteiger partial charge in [0.05, 0.1) is 18.7 Å². The van der Waals surface area contributed by atoms with Crippen molar-refractivity contribution in [3.63, 3.8) is 0 Å². The van der Waals surface area contributed by atoms with E-state index in [2.05, 4.69) is 5.48 Å². The summed E-state index contributed by atoms with van der Waals surface area (Å²) in [6, 6.07) is 18.8. The van der Waals surface area contributed by atoms with Crippen molar-refractivity contribution in [1.29, 1.82) is 0 Å². The van der Waals surface area contributed by atoms with Crippen molar-refractivity contribution in [2.45, 2.75) is 6.61 Å². The third-order valence-electron chi connectivity index (χ3n) is 2.63. The number of carbonyl (C=O) groups excluding carboxylic acids is 1. The first-order chi connectivity index (χ1) is 9.86. The first kappa shape index (κ1) is 14.2. The van der Waals surface area contributed by atoms with Crippen LogP contribution in [0.4, 0.5) is 0 Å². The zero-order valence-electron chi connectivity index (χ0n) is 11.1. The van der Waals surface area contributed by atoms with Crippen LogP contribution >= 0.6 is 0 Å². The highest BCUT2D eigenvalue weighted by atomic mass is 16.6. The maximum atomic E-state index is 11.6. The van der Waals surface area contributed by atoms with Crippen LogP contribution in [0.2, 0.25) is 0 Å². The molecule has 4 nitrogen and oxygen atoms in total. The maximum Gasteiger partial charge on any atom is 0.338 e. The maximum absolute atomic E-state index is 11.6. The number of hydrogen-bond acceptors (Lipinski definition) is 4. The number of hydroxylamine groups is 1. The van der Waals surface area contributed by atoms with Gasteiger partial charge < -0.3 is 4.74 Å². The summed E-state index contributed by atoms with van der Waals surface area (Å²) in [4.78, 5) is 16.9. The van der Waals surface area contributed by atoms with Crippen LogP contribution in [0.25, 0.3) is 0 Å². The highest BCUT2D eigenvalue weighted by Gasteiger charge is 2.04. The average Bonchev–Trinajstić information content (AvgIpc) is 2.52. The third-order valence-corrected chi connectivity index (χ3v) is 2.63. The molecule has 0 aliphatic heterocycles. The van der Waals surface area contributed by atoms with Crippen LogP contribution < -0.4 is 5.48 Å². The molecule has 0 atom stereocenters. The van der Waals surface area contributed by atoms with E-state index < -0.39 is 0 Å². The van der Waals surface area contributed by atoms with Crippen molar-refractivity contribution >= 4 is 5.97 Å². The van der Waals surface area contributed by atoms with E-state index in [-0.39, 0.29) is 12.6 Å². The summed E-state index contributed by atoms with van der Waals surface area (Å²) >= 11 is 0. The smallest absolute Gasteiger partial charge is 0.338 e. The van der Waals surface area contributed by atoms with Gasteiger partial charge in [0.25, 0.3) is 0 Å². The minimum atomic E-state index is -0.324. The first-order valence-electron chi connectivity index (χ1n) is 6.47. The zero-order valence-corrected chi connectivity index (χ0v) is 11.1. The second-order valence-corrected chi connectivity index (χ2v) is 4.17. The Hall–Kier alpha value is -2.17. The predicted octanol–water partition coefficient (Wildman–Crippen LogP) is 2.56. The summed E-state index contributed by atoms with van der Waals surface area (Å²) < 4.78 is 5.10. The van der Waals surface area contributed by atoms with Crippen LogP contribution in [0.3, 0.4) is 0 Å². The Morgan fingerprint density at radius 2 is 1.60 bits per heavy atom. The second-order valence-electron chi connectivity index (χ2n) is 4.17. The highest BCUT2D eigenvalue weighted by molar-refractivity contribution is 5.89. The van der Waals surface area contributed by atoms with Crippen LogP contribution in [0, 0.1) is 0 Å². The number of carbonyl (C=O) groups is 1. The standard InChI is InChI=1S/C16H17NO3/c18-16(15-9-5-2-6-10-15)19-12-11-17-20-13-14-7-3-1-4-8-14/h1-10,17H,11-13H2. The highest BCUT2D eigenvalue weighted by Crippen LogP contribution is 2.01. The van der Waals surface area contributed by atoms with Gasteiger partial charge in [-0.3, -0.25) is 4.84 Å². The topological polar surface area (TPSA) is 47.6 Å². The van der Waals surface area contributed by atoms with Crippen LogP contribution in [0.15, 0.2) is 60.7 Å². The fourth-order valence-electron chi connectivity index (χ4n) is 1.62. The lowest BCUT2D eigenvalue weighted by Gasteiger charge is -2.07. The van der Waals surface area contributed by atoms with E-state index >= 15 is 0 Å². The summed E-state index contributed by atoms with van der Waals surface area (Å²) in [5.74, 6) is -0.324. The largest absolute Gasteiger partial charge is 0.461 e. The molecule has 0 saturated carbocycles. The molecule has 4 heteroatoms. The molecule has 1 N–H and O–H groups in total. The van der Waals surface area contributed by atoms with Gasteiger partial charge in [0.1, 0.15) is 6.61 Å². The Morgan fingerprint density at radius 3 is 2.30 bits per heavy atom. The molecule has 2 aromatic rings. The fourth-order valence-corrected chi connectivity index (χ4v) is 1.62. The van der Waals surface area contributed by atoms with Crippen molar-refractivity contribution in [3.8, 4) is 0 Å². The minimum absolute atomic E-state index is 0.266. The van der Waals surface area contributed by atoms with Gasteiger partial charge in [-0.05, 0) is 17.7 Å². The molecule has 0 radical (unpaired) electrons. The fraction of sp³-hybridized carbons (Fsp3) is 0.188. The van der Waals surface area contributed by atoms with Crippen LogP contribution in [-0.4, -0.2) is 19.1 Å². The Kier molecular flexibility index (Phi) is 5.76. The van der Waals surface area contributed by atoms with Gasteiger partial charge >= 0.3 is 5.97 Å². The average molecular weight is 271 g/mol. The molecule has 0 heterocycles. The zero-order chi connectivity index (χ0) is 14.0. The Labute approximate surface area is 118 Å². The van der Waals surface area contributed by atoms with Crippen LogP contribution in [0.1, 0.15) is 15.9 Å². The number of nitrogens with one attached hydrogen (secondary N) is 1. The molecule has 0 unspecified atom stereocenters. The van der Waals surface area contributed by atoms with E-state index in [1.807, 2.05) is 36.4 Å². The molecule has 0 amide bonds. The molecule has 2 aromatic carbocycles. The quantitative estimate of drug-likeness (QED) is 0.477. The lowest BCUT2D eigenvalue weighted by molar-refractivity contribution is 0.0105. The molecule has 0 spiro atoms. The molecule has 2 rings (SSSR count). The van der Waals surface area contributed by atoms with E-state index in [0.29, 0.717) is 18.7 Å². The van der Waals surface area contributed by atoms with Gasteiger partial charge in [0.15, 0.2) is 0 Å². The summed E-state index contributed by atoms with van der Waals surface area (Å²) in [6.07, 6.45) is 0. The molecule has 0 fully saturated rings. The van der Waals surface area contributed by atoms with Crippen molar-refractivity contribution in [2.24, 2.45) is 0 Å². The molecule has 0 aromatic heterocycles. The number of ether oxygens (including phenoxy) is 1. The van der Waals surface area contributed by atoms with Gasteiger partial charge in [-0.15, -0.1) is 0 Å². The van der Waals surface area contributed by atoms with Crippen molar-refractivity contribution < 1.29 is 14.4 Å². The first-order valence-corrected chi connectivity index (χ1v) is 6.47. The van der Waals surface area contributed by atoms with Gasteiger partial charge in [-0.2, -0.15) is 5.48 Å². The second kappa shape index (κ2) is 8.09. The minimum Gasteiger partial charge on any atom is -0.461 e. The Balaban J connectivity index is 1.57. The van der Waals surface area contributed by atoms with E-state index in [9.17, 15) is 4.79 Å². The molecule has 0 aliphatic carbocycles. The summed E-state index contributed by atoms with van der Waals surface area (Å²) in [7, 11) is 0. The van der Waals surface area contributed by atoms with Crippen molar-refractivity contribution in [3.05, 3.63) is 71.8 Å². The van der Waals surface area contributed by atoms with E-state index in [1.165, 1.54) is 0 Å². The Morgan fingerprint density at radius 1 is 0.950 bits per heavy atom. The number of esters is 1. The molecule has 20 heavy (non-hydrogen) atoms. The SMILES string of the molecule is O=C(OCCNOCc1ccccc1)c1ccccc1. The van der Waals surface area contributed by atoms with Gasteiger partial charge in [0, 0.05) is 0 Å². The summed E-state index contributed by atoms with van der Waals surface area (Å²) in [5, 5.41) is 0. The van der Waals surface area contributed by atoms with E-state index in [0.717, 1.165) is 5.56 Å². The molecule has 104 valence electrons. The third kappa shape index (κ3) is 4.84. The van der Waals surface area contributed by atoms with Crippen LogP contribution in [-0.2, 0) is 16.2 Å². The molecule has 0 aliphatic rings. The monoisotopic (exact) mass is 271 g/mol. The van der Waals surface area contributed by atoms with Crippen molar-refractivity contribution in [1.82, 2.24) is 5.48 Å². The normalized spacial score (nSPS) is 10.2. The van der Waals surface area contributed by atoms with E-state index in [4.69, 9.17) is 9.57 Å². The van der Waals surface area contributed by atoms with Crippen LogP contribution in [0.5, 0.6) is 0 Å².